The van der Waals surface area contributed by atoms with Gasteiger partial charge in [0.2, 0.25) is 0 Å². The molecule has 25 heavy (non-hydrogen) atoms. The Hall–Kier alpha value is -3.54. The number of rotatable bonds is 4. The van der Waals surface area contributed by atoms with Crippen LogP contribution in [-0.2, 0) is 6.54 Å². The van der Waals surface area contributed by atoms with Gasteiger partial charge in [-0.1, -0.05) is 6.07 Å². The molecule has 122 valence electrons. The number of imidazole rings is 1. The maximum Gasteiger partial charge on any atom is 0.251 e. The van der Waals surface area contributed by atoms with Gasteiger partial charge in [0.15, 0.2) is 0 Å². The lowest BCUT2D eigenvalue weighted by atomic mass is 10.1. The van der Waals surface area contributed by atoms with Gasteiger partial charge >= 0.3 is 0 Å². The summed E-state index contributed by atoms with van der Waals surface area (Å²) in [6.45, 7) is 0.417. The number of aromatic nitrogens is 4. The van der Waals surface area contributed by atoms with Crippen LogP contribution in [-0.4, -0.2) is 25.8 Å². The number of hydrogen-bond donors (Lipinski definition) is 2. The third-order valence-corrected chi connectivity index (χ3v) is 3.92. The molecule has 0 unspecified atom stereocenters. The molecule has 1 amide bonds. The monoisotopic (exact) mass is 329 g/mol. The Morgan fingerprint density at radius 2 is 2.04 bits per heavy atom. The van der Waals surface area contributed by atoms with Crippen molar-refractivity contribution < 1.29 is 4.79 Å². The van der Waals surface area contributed by atoms with Crippen molar-refractivity contribution in [2.45, 2.75) is 6.54 Å². The van der Waals surface area contributed by atoms with E-state index in [0.29, 0.717) is 12.1 Å². The van der Waals surface area contributed by atoms with Crippen LogP contribution in [0.3, 0.4) is 0 Å². The smallest absolute Gasteiger partial charge is 0.251 e. The van der Waals surface area contributed by atoms with E-state index in [0.717, 1.165) is 27.9 Å². The van der Waals surface area contributed by atoms with Gasteiger partial charge in [0, 0.05) is 36.3 Å². The zero-order valence-corrected chi connectivity index (χ0v) is 13.3. The molecule has 4 rings (SSSR count). The first-order valence-electron chi connectivity index (χ1n) is 7.86. The van der Waals surface area contributed by atoms with E-state index in [9.17, 15) is 4.79 Å². The minimum atomic E-state index is -0.132. The first-order chi connectivity index (χ1) is 12.3. The third-order valence-electron chi connectivity index (χ3n) is 3.92. The number of nitrogens with zero attached hydrogens (tertiary/aromatic N) is 3. The minimum absolute atomic E-state index is 0.132. The third kappa shape index (κ3) is 3.23. The molecule has 0 radical (unpaired) electrons. The molecule has 0 aliphatic heterocycles. The van der Waals surface area contributed by atoms with E-state index in [4.69, 9.17) is 0 Å². The lowest BCUT2D eigenvalue weighted by molar-refractivity contribution is 0.0951. The number of nitrogens with one attached hydrogen (secondary N) is 2. The average Bonchev–Trinajstić information content (AvgIpc) is 3.15. The summed E-state index contributed by atoms with van der Waals surface area (Å²) in [5, 5.41) is 2.91. The van der Waals surface area contributed by atoms with Crippen LogP contribution in [0.15, 0.2) is 67.4 Å². The zero-order valence-electron chi connectivity index (χ0n) is 13.3. The summed E-state index contributed by atoms with van der Waals surface area (Å²) < 4.78 is 0. The highest BCUT2D eigenvalue weighted by Crippen LogP contribution is 2.15. The van der Waals surface area contributed by atoms with E-state index >= 15 is 0 Å². The molecule has 3 aromatic heterocycles. The van der Waals surface area contributed by atoms with Gasteiger partial charge in [-0.05, 0) is 42.0 Å². The van der Waals surface area contributed by atoms with Crippen molar-refractivity contribution in [3.05, 3.63) is 78.5 Å². The Labute approximate surface area is 144 Å². The van der Waals surface area contributed by atoms with Gasteiger partial charge in [-0.2, -0.15) is 0 Å². The predicted octanol–water partition coefficient (Wildman–Crippen LogP) is 2.95. The van der Waals surface area contributed by atoms with E-state index in [-0.39, 0.29) is 5.91 Å². The van der Waals surface area contributed by atoms with E-state index in [1.165, 1.54) is 0 Å². The largest absolute Gasteiger partial charge is 0.348 e. The van der Waals surface area contributed by atoms with Crippen LogP contribution in [0.5, 0.6) is 0 Å². The summed E-state index contributed by atoms with van der Waals surface area (Å²) in [5.74, 6) is -0.132. The van der Waals surface area contributed by atoms with Gasteiger partial charge in [-0.15, -0.1) is 0 Å². The molecular formula is C19H15N5O. The summed E-state index contributed by atoms with van der Waals surface area (Å²) in [6.07, 6.45) is 6.88. The molecule has 6 nitrogen and oxygen atoms in total. The van der Waals surface area contributed by atoms with Gasteiger partial charge in [0.25, 0.3) is 5.91 Å². The summed E-state index contributed by atoms with van der Waals surface area (Å²) in [7, 11) is 0. The fourth-order valence-electron chi connectivity index (χ4n) is 2.58. The van der Waals surface area contributed by atoms with Crippen LogP contribution >= 0.6 is 0 Å². The van der Waals surface area contributed by atoms with Crippen LogP contribution < -0.4 is 5.32 Å². The summed E-state index contributed by atoms with van der Waals surface area (Å²) in [4.78, 5) is 28.0. The van der Waals surface area contributed by atoms with Gasteiger partial charge in [-0.3, -0.25) is 14.8 Å². The highest BCUT2D eigenvalue weighted by Gasteiger charge is 2.07. The van der Waals surface area contributed by atoms with E-state index in [1.807, 2.05) is 30.3 Å². The van der Waals surface area contributed by atoms with E-state index in [2.05, 4.69) is 25.3 Å². The molecule has 0 bridgehead atoms. The second kappa shape index (κ2) is 6.52. The Morgan fingerprint density at radius 1 is 1.08 bits per heavy atom. The van der Waals surface area contributed by atoms with Crippen molar-refractivity contribution in [2.24, 2.45) is 0 Å². The van der Waals surface area contributed by atoms with Crippen LogP contribution in [0.25, 0.3) is 22.3 Å². The topological polar surface area (TPSA) is 83.6 Å². The molecular weight excluding hydrogens is 314 g/mol. The van der Waals surface area contributed by atoms with E-state index < -0.39 is 0 Å². The molecule has 4 aromatic rings. The highest BCUT2D eigenvalue weighted by molar-refractivity contribution is 5.97. The van der Waals surface area contributed by atoms with E-state index in [1.54, 1.807) is 37.1 Å². The number of H-pyrrole nitrogens is 1. The first-order valence-corrected chi connectivity index (χ1v) is 7.86. The molecule has 0 aliphatic carbocycles. The van der Waals surface area contributed by atoms with Crippen LogP contribution in [0.4, 0.5) is 0 Å². The molecule has 1 aromatic carbocycles. The van der Waals surface area contributed by atoms with Gasteiger partial charge in [0.1, 0.15) is 0 Å². The number of pyridine rings is 2. The number of benzene rings is 1. The average molecular weight is 329 g/mol. The summed E-state index contributed by atoms with van der Waals surface area (Å²) in [5.41, 5.74) is 5.03. The molecule has 0 aliphatic rings. The second-order valence-corrected chi connectivity index (χ2v) is 5.61. The lowest BCUT2D eigenvalue weighted by Crippen LogP contribution is -2.22. The molecule has 0 atom stereocenters. The Bertz CT molecular complexity index is 1010. The number of fused-ring (bicyclic) bond motifs is 1. The SMILES string of the molecule is O=C(NCc1ccc(-c2cccnc2)nc1)c1ccc2nc[nH]c2c1. The van der Waals surface area contributed by atoms with Crippen molar-refractivity contribution >= 4 is 16.9 Å². The number of carbonyl (C=O) groups is 1. The molecule has 3 heterocycles. The summed E-state index contributed by atoms with van der Waals surface area (Å²) in [6, 6.07) is 13.1. The van der Waals surface area contributed by atoms with Gasteiger partial charge in [-0.25, -0.2) is 4.98 Å². The van der Waals surface area contributed by atoms with Crippen molar-refractivity contribution in [1.29, 1.82) is 0 Å². The Kier molecular flexibility index (Phi) is 3.92. The Morgan fingerprint density at radius 3 is 2.84 bits per heavy atom. The van der Waals surface area contributed by atoms with Crippen molar-refractivity contribution in [1.82, 2.24) is 25.3 Å². The number of carbonyl (C=O) groups excluding carboxylic acids is 1. The second-order valence-electron chi connectivity index (χ2n) is 5.61. The van der Waals surface area contributed by atoms with Gasteiger partial charge in [0.05, 0.1) is 23.1 Å². The molecule has 6 heteroatoms. The maximum absolute atomic E-state index is 12.3. The number of hydrogen-bond acceptors (Lipinski definition) is 4. The first kappa shape index (κ1) is 15.0. The lowest BCUT2D eigenvalue weighted by Gasteiger charge is -2.06. The number of amides is 1. The standard InChI is InChI=1S/C19H15N5O/c25-19(14-4-6-17-18(8-14)24-12-23-17)22-10-13-3-5-16(21-9-13)15-2-1-7-20-11-15/h1-9,11-12H,10H2,(H,22,25)(H,23,24). The van der Waals surface area contributed by atoms with Crippen molar-refractivity contribution in [3.63, 3.8) is 0 Å². The zero-order chi connectivity index (χ0) is 17.1. The van der Waals surface area contributed by atoms with Crippen molar-refractivity contribution in [2.75, 3.05) is 0 Å². The fraction of sp³-hybridized carbons (Fsp3) is 0.0526. The fourth-order valence-corrected chi connectivity index (χ4v) is 2.58. The van der Waals surface area contributed by atoms with Crippen molar-refractivity contribution in [3.8, 4) is 11.3 Å². The Balaban J connectivity index is 1.43. The van der Waals surface area contributed by atoms with Gasteiger partial charge < -0.3 is 10.3 Å². The van der Waals surface area contributed by atoms with Crippen LogP contribution in [0.1, 0.15) is 15.9 Å². The molecule has 0 saturated carbocycles. The number of aromatic amines is 1. The molecule has 2 N–H and O–H groups in total. The predicted molar refractivity (Wildman–Crippen MR) is 94.7 cm³/mol. The quantitative estimate of drug-likeness (QED) is 0.603. The maximum atomic E-state index is 12.3. The molecule has 0 saturated heterocycles. The molecule has 0 spiro atoms. The minimum Gasteiger partial charge on any atom is -0.348 e. The van der Waals surface area contributed by atoms with Crippen LogP contribution in [0.2, 0.25) is 0 Å². The normalized spacial score (nSPS) is 10.7. The molecule has 0 fully saturated rings. The van der Waals surface area contributed by atoms with Crippen LogP contribution in [0, 0.1) is 0 Å². The highest BCUT2D eigenvalue weighted by atomic mass is 16.1. The summed E-state index contributed by atoms with van der Waals surface area (Å²) >= 11 is 0.